The monoisotopic (exact) mass is 213 g/mol. The third kappa shape index (κ3) is 2.07. The summed E-state index contributed by atoms with van der Waals surface area (Å²) in [5.41, 5.74) is 9.43. The van der Waals surface area contributed by atoms with Gasteiger partial charge in [0.1, 0.15) is 0 Å². The molecule has 2 heteroatoms. The molecule has 16 heavy (non-hydrogen) atoms. The van der Waals surface area contributed by atoms with Gasteiger partial charge >= 0.3 is 0 Å². The molecule has 1 aromatic carbocycles. The van der Waals surface area contributed by atoms with E-state index in [4.69, 9.17) is 10.2 Å². The average Bonchev–Trinajstić information content (AvgIpc) is 2.83. The Labute approximate surface area is 95.4 Å². The second-order valence-corrected chi connectivity index (χ2v) is 3.73. The van der Waals surface area contributed by atoms with Crippen LogP contribution in [0.2, 0.25) is 0 Å². The van der Waals surface area contributed by atoms with Gasteiger partial charge in [-0.15, -0.1) is 6.58 Å². The molecule has 0 amide bonds. The van der Waals surface area contributed by atoms with Crippen LogP contribution in [0.4, 0.5) is 0 Å². The first-order valence-electron chi connectivity index (χ1n) is 5.31. The molecule has 82 valence electrons. The molecule has 0 aliphatic carbocycles. The van der Waals surface area contributed by atoms with Gasteiger partial charge in [0.15, 0.2) is 0 Å². The van der Waals surface area contributed by atoms with Gasteiger partial charge in [0.2, 0.25) is 0 Å². The van der Waals surface area contributed by atoms with Gasteiger partial charge in [-0.1, -0.05) is 30.3 Å². The Balaban J connectivity index is 2.42. The zero-order valence-electron chi connectivity index (χ0n) is 9.10. The lowest BCUT2D eigenvalue weighted by atomic mass is 9.95. The molecule has 2 aromatic rings. The van der Waals surface area contributed by atoms with E-state index in [0.29, 0.717) is 0 Å². The van der Waals surface area contributed by atoms with E-state index in [1.807, 2.05) is 24.3 Å². The lowest BCUT2D eigenvalue weighted by Crippen LogP contribution is -2.10. The van der Waals surface area contributed by atoms with Gasteiger partial charge in [-0.2, -0.15) is 0 Å². The topological polar surface area (TPSA) is 39.2 Å². The summed E-state index contributed by atoms with van der Waals surface area (Å²) >= 11 is 0. The minimum atomic E-state index is -0.0106. The predicted octanol–water partition coefficient (Wildman–Crippen LogP) is 3.52. The molecule has 0 fully saturated rings. The number of hydrogen-bond acceptors (Lipinski definition) is 2. The van der Waals surface area contributed by atoms with Crippen molar-refractivity contribution in [1.82, 2.24) is 0 Å². The van der Waals surface area contributed by atoms with Crippen LogP contribution in [0.3, 0.4) is 0 Å². The van der Waals surface area contributed by atoms with Crippen molar-refractivity contribution < 1.29 is 4.42 Å². The Hall–Kier alpha value is -1.80. The lowest BCUT2D eigenvalue weighted by Gasteiger charge is -2.13. The van der Waals surface area contributed by atoms with E-state index in [1.165, 1.54) is 0 Å². The highest BCUT2D eigenvalue weighted by molar-refractivity contribution is 5.66. The SMILES string of the molecule is C=CCC(N)c1ccccc1-c1ccoc1. The summed E-state index contributed by atoms with van der Waals surface area (Å²) in [6.07, 6.45) is 6.02. The number of benzene rings is 1. The standard InChI is InChI=1S/C14H15NO/c1-2-5-14(15)13-7-4-3-6-12(13)11-8-9-16-10-11/h2-4,6-10,14H,1,5,15H2. The summed E-state index contributed by atoms with van der Waals surface area (Å²) in [4.78, 5) is 0. The molecule has 0 saturated heterocycles. The maximum Gasteiger partial charge on any atom is 0.0981 e. The second kappa shape index (κ2) is 4.81. The van der Waals surface area contributed by atoms with Gasteiger partial charge in [0.05, 0.1) is 12.5 Å². The lowest BCUT2D eigenvalue weighted by molar-refractivity contribution is 0.568. The van der Waals surface area contributed by atoms with Crippen molar-refractivity contribution in [1.29, 1.82) is 0 Å². The molecule has 1 unspecified atom stereocenters. The van der Waals surface area contributed by atoms with Crippen LogP contribution in [-0.4, -0.2) is 0 Å². The average molecular weight is 213 g/mol. The van der Waals surface area contributed by atoms with Gasteiger partial charge in [-0.25, -0.2) is 0 Å². The summed E-state index contributed by atoms with van der Waals surface area (Å²) in [5, 5.41) is 0. The van der Waals surface area contributed by atoms with Crippen molar-refractivity contribution in [3.05, 3.63) is 61.1 Å². The molecular formula is C14H15NO. The van der Waals surface area contributed by atoms with Crippen LogP contribution in [0.1, 0.15) is 18.0 Å². The van der Waals surface area contributed by atoms with E-state index < -0.39 is 0 Å². The van der Waals surface area contributed by atoms with E-state index in [0.717, 1.165) is 23.1 Å². The van der Waals surface area contributed by atoms with E-state index in [2.05, 4.69) is 18.7 Å². The molecule has 1 heterocycles. The number of furan rings is 1. The number of nitrogens with two attached hydrogens (primary N) is 1. The van der Waals surface area contributed by atoms with Crippen LogP contribution < -0.4 is 5.73 Å². The van der Waals surface area contributed by atoms with Gasteiger partial charge in [0, 0.05) is 11.6 Å². The predicted molar refractivity (Wildman–Crippen MR) is 65.9 cm³/mol. The fraction of sp³-hybridized carbons (Fsp3) is 0.143. The largest absolute Gasteiger partial charge is 0.472 e. The molecule has 0 aliphatic heterocycles. The van der Waals surface area contributed by atoms with Crippen LogP contribution >= 0.6 is 0 Å². The highest BCUT2D eigenvalue weighted by atomic mass is 16.3. The molecule has 0 bridgehead atoms. The molecule has 0 spiro atoms. The van der Waals surface area contributed by atoms with Crippen LogP contribution in [0.5, 0.6) is 0 Å². The third-order valence-corrected chi connectivity index (χ3v) is 2.61. The highest BCUT2D eigenvalue weighted by Gasteiger charge is 2.11. The van der Waals surface area contributed by atoms with Crippen LogP contribution in [0, 0.1) is 0 Å². The zero-order chi connectivity index (χ0) is 11.4. The Morgan fingerprint density at radius 2 is 2.12 bits per heavy atom. The summed E-state index contributed by atoms with van der Waals surface area (Å²) in [5.74, 6) is 0. The van der Waals surface area contributed by atoms with Crippen molar-refractivity contribution >= 4 is 0 Å². The van der Waals surface area contributed by atoms with Gasteiger partial charge in [0.25, 0.3) is 0 Å². The third-order valence-electron chi connectivity index (χ3n) is 2.61. The van der Waals surface area contributed by atoms with Gasteiger partial charge < -0.3 is 10.2 Å². The van der Waals surface area contributed by atoms with E-state index >= 15 is 0 Å². The van der Waals surface area contributed by atoms with Crippen LogP contribution in [0.15, 0.2) is 59.9 Å². The van der Waals surface area contributed by atoms with Crippen molar-refractivity contribution in [3.8, 4) is 11.1 Å². The molecule has 0 saturated carbocycles. The molecule has 0 radical (unpaired) electrons. The molecule has 1 atom stereocenters. The smallest absolute Gasteiger partial charge is 0.0981 e. The van der Waals surface area contributed by atoms with Crippen LogP contribution in [-0.2, 0) is 0 Å². The molecule has 2 rings (SSSR count). The Morgan fingerprint density at radius 3 is 2.81 bits per heavy atom. The van der Waals surface area contributed by atoms with Crippen molar-refractivity contribution in [3.63, 3.8) is 0 Å². The van der Waals surface area contributed by atoms with Crippen molar-refractivity contribution in [2.75, 3.05) is 0 Å². The van der Waals surface area contributed by atoms with Gasteiger partial charge in [-0.05, 0) is 23.6 Å². The van der Waals surface area contributed by atoms with Crippen molar-refractivity contribution in [2.24, 2.45) is 5.73 Å². The summed E-state index contributed by atoms with van der Waals surface area (Å²) in [6, 6.07) is 10.1. The Kier molecular flexibility index (Phi) is 3.22. The molecule has 1 aromatic heterocycles. The first-order valence-corrected chi connectivity index (χ1v) is 5.31. The fourth-order valence-corrected chi connectivity index (χ4v) is 1.81. The zero-order valence-corrected chi connectivity index (χ0v) is 9.10. The maximum absolute atomic E-state index is 6.11. The quantitative estimate of drug-likeness (QED) is 0.789. The Bertz CT molecular complexity index is 459. The molecular weight excluding hydrogens is 198 g/mol. The first kappa shape index (κ1) is 10.7. The Morgan fingerprint density at radius 1 is 1.31 bits per heavy atom. The molecule has 2 N–H and O–H groups in total. The normalized spacial score (nSPS) is 12.3. The molecule has 2 nitrogen and oxygen atoms in total. The maximum atomic E-state index is 6.11. The first-order chi connectivity index (χ1) is 7.83. The van der Waals surface area contributed by atoms with E-state index in [9.17, 15) is 0 Å². The van der Waals surface area contributed by atoms with E-state index in [1.54, 1.807) is 12.5 Å². The summed E-state index contributed by atoms with van der Waals surface area (Å²) in [7, 11) is 0. The number of hydrogen-bond donors (Lipinski definition) is 1. The van der Waals surface area contributed by atoms with E-state index in [-0.39, 0.29) is 6.04 Å². The number of rotatable bonds is 4. The summed E-state index contributed by atoms with van der Waals surface area (Å²) in [6.45, 7) is 3.72. The minimum absolute atomic E-state index is 0.0106. The van der Waals surface area contributed by atoms with Gasteiger partial charge in [-0.3, -0.25) is 0 Å². The fourth-order valence-electron chi connectivity index (χ4n) is 1.81. The van der Waals surface area contributed by atoms with Crippen molar-refractivity contribution in [2.45, 2.75) is 12.5 Å². The summed E-state index contributed by atoms with van der Waals surface area (Å²) < 4.78 is 5.10. The second-order valence-electron chi connectivity index (χ2n) is 3.73. The highest BCUT2D eigenvalue weighted by Crippen LogP contribution is 2.28. The van der Waals surface area contributed by atoms with Crippen LogP contribution in [0.25, 0.3) is 11.1 Å². The molecule has 0 aliphatic rings. The minimum Gasteiger partial charge on any atom is -0.472 e.